The number of nitrogens with zero attached hydrogens (tertiary/aromatic N) is 3. The minimum atomic E-state index is 0.313. The number of aromatic nitrogens is 3. The lowest BCUT2D eigenvalue weighted by Crippen LogP contribution is -2.19. The van der Waals surface area contributed by atoms with Gasteiger partial charge in [-0.25, -0.2) is 15.0 Å². The van der Waals surface area contributed by atoms with Gasteiger partial charge in [-0.05, 0) is 25.0 Å². The molecule has 0 radical (unpaired) electrons. The Labute approximate surface area is 143 Å². The maximum Gasteiger partial charge on any atom is 0.180 e. The van der Waals surface area contributed by atoms with Gasteiger partial charge < -0.3 is 15.8 Å². The first-order valence-corrected chi connectivity index (χ1v) is 8.24. The number of hydrogen-bond donors (Lipinski definition) is 2. The Balaban J connectivity index is 2.07. The summed E-state index contributed by atoms with van der Waals surface area (Å²) in [5.41, 5.74) is 7.56. The molecule has 0 amide bonds. The van der Waals surface area contributed by atoms with E-state index in [0.29, 0.717) is 35.6 Å². The fourth-order valence-electron chi connectivity index (χ4n) is 2.34. The number of ether oxygens (including phenoxy) is 1. The van der Waals surface area contributed by atoms with Crippen LogP contribution in [0, 0.1) is 0 Å². The van der Waals surface area contributed by atoms with Gasteiger partial charge in [0.25, 0.3) is 0 Å². The molecule has 2 heterocycles. The van der Waals surface area contributed by atoms with Crippen molar-refractivity contribution < 1.29 is 4.74 Å². The van der Waals surface area contributed by atoms with E-state index in [2.05, 4.69) is 40.7 Å². The zero-order valence-corrected chi connectivity index (χ0v) is 14.3. The highest BCUT2D eigenvalue weighted by atomic mass is 16.5. The second kappa shape index (κ2) is 8.86. The van der Waals surface area contributed by atoms with E-state index in [1.807, 2.05) is 18.2 Å². The third-order valence-corrected chi connectivity index (χ3v) is 3.66. The van der Waals surface area contributed by atoms with E-state index >= 15 is 0 Å². The first-order valence-electron chi connectivity index (χ1n) is 8.24. The molecule has 0 fully saturated rings. The smallest absolute Gasteiger partial charge is 0.180 e. The van der Waals surface area contributed by atoms with Gasteiger partial charge in [-0.15, -0.1) is 0 Å². The van der Waals surface area contributed by atoms with Crippen LogP contribution in [0.25, 0.3) is 5.70 Å². The SMILES string of the molecule is C=C(N)c1cccc(COc2cncnc2NC(CC)CCC)n1. The monoisotopic (exact) mass is 327 g/mol. The summed E-state index contributed by atoms with van der Waals surface area (Å²) >= 11 is 0. The van der Waals surface area contributed by atoms with Gasteiger partial charge in [0.1, 0.15) is 12.9 Å². The number of anilines is 1. The van der Waals surface area contributed by atoms with Gasteiger partial charge in [-0.1, -0.05) is 32.9 Å². The van der Waals surface area contributed by atoms with Crippen LogP contribution in [0.15, 0.2) is 37.3 Å². The molecule has 2 aromatic rings. The quantitative estimate of drug-likeness (QED) is 0.734. The van der Waals surface area contributed by atoms with Crippen LogP contribution in [0.4, 0.5) is 5.82 Å². The molecule has 0 saturated carbocycles. The Hall–Kier alpha value is -2.63. The number of nitrogens with two attached hydrogens (primary N) is 1. The Morgan fingerprint density at radius 2 is 2.21 bits per heavy atom. The summed E-state index contributed by atoms with van der Waals surface area (Å²) in [6, 6.07) is 5.96. The van der Waals surface area contributed by atoms with Crippen molar-refractivity contribution in [1.82, 2.24) is 15.0 Å². The molecule has 128 valence electrons. The van der Waals surface area contributed by atoms with E-state index in [9.17, 15) is 0 Å². The van der Waals surface area contributed by atoms with Crippen molar-refractivity contribution in [3.8, 4) is 5.75 Å². The van der Waals surface area contributed by atoms with Crippen LogP contribution >= 0.6 is 0 Å². The predicted octanol–water partition coefficient (Wildman–Crippen LogP) is 3.37. The van der Waals surface area contributed by atoms with Crippen LogP contribution in [-0.4, -0.2) is 21.0 Å². The van der Waals surface area contributed by atoms with Gasteiger partial charge in [0, 0.05) is 6.04 Å². The average Bonchev–Trinajstić information content (AvgIpc) is 2.60. The van der Waals surface area contributed by atoms with Crippen molar-refractivity contribution in [1.29, 1.82) is 0 Å². The van der Waals surface area contributed by atoms with Crippen LogP contribution in [-0.2, 0) is 6.61 Å². The molecule has 0 aliphatic rings. The molecule has 3 N–H and O–H groups in total. The molecule has 0 aliphatic carbocycles. The maximum atomic E-state index is 5.86. The number of rotatable bonds is 9. The average molecular weight is 327 g/mol. The molecular weight excluding hydrogens is 302 g/mol. The van der Waals surface area contributed by atoms with Crippen LogP contribution in [0.5, 0.6) is 5.75 Å². The molecule has 2 rings (SSSR count). The second-order valence-corrected chi connectivity index (χ2v) is 5.60. The van der Waals surface area contributed by atoms with Gasteiger partial charge >= 0.3 is 0 Å². The number of hydrogen-bond acceptors (Lipinski definition) is 6. The Bertz CT molecular complexity index is 674. The van der Waals surface area contributed by atoms with E-state index in [1.165, 1.54) is 6.33 Å². The first kappa shape index (κ1) is 17.7. The maximum absolute atomic E-state index is 5.86. The number of pyridine rings is 1. The standard InChI is InChI=1S/C18H25N5O/c1-4-7-14(5-2)23-18-17(10-20-12-21-18)24-11-15-8-6-9-16(22-15)13(3)19/h6,8-10,12,14H,3-5,7,11,19H2,1-2H3,(H,20,21,23). The molecule has 0 spiro atoms. The summed E-state index contributed by atoms with van der Waals surface area (Å²) in [4.78, 5) is 12.8. The Morgan fingerprint density at radius 3 is 2.92 bits per heavy atom. The van der Waals surface area contributed by atoms with E-state index in [4.69, 9.17) is 10.5 Å². The largest absolute Gasteiger partial charge is 0.482 e. The zero-order valence-electron chi connectivity index (χ0n) is 14.3. The van der Waals surface area contributed by atoms with Crippen molar-refractivity contribution in [2.24, 2.45) is 5.73 Å². The fourth-order valence-corrected chi connectivity index (χ4v) is 2.34. The van der Waals surface area contributed by atoms with E-state index in [0.717, 1.165) is 25.0 Å². The zero-order chi connectivity index (χ0) is 17.4. The van der Waals surface area contributed by atoms with E-state index < -0.39 is 0 Å². The lowest BCUT2D eigenvalue weighted by molar-refractivity contribution is 0.300. The lowest BCUT2D eigenvalue weighted by Gasteiger charge is -2.18. The van der Waals surface area contributed by atoms with E-state index in [1.54, 1.807) is 6.20 Å². The van der Waals surface area contributed by atoms with Crippen LogP contribution in [0.2, 0.25) is 0 Å². The highest BCUT2D eigenvalue weighted by Gasteiger charge is 2.11. The molecule has 6 nitrogen and oxygen atoms in total. The molecule has 24 heavy (non-hydrogen) atoms. The van der Waals surface area contributed by atoms with Crippen molar-refractivity contribution in [2.75, 3.05) is 5.32 Å². The normalized spacial score (nSPS) is 11.8. The molecule has 0 aromatic carbocycles. The minimum absolute atomic E-state index is 0.313. The minimum Gasteiger partial charge on any atom is -0.482 e. The Kier molecular flexibility index (Phi) is 6.54. The summed E-state index contributed by atoms with van der Waals surface area (Å²) in [6.07, 6.45) is 6.42. The summed E-state index contributed by atoms with van der Waals surface area (Å²) in [6.45, 7) is 8.35. The highest BCUT2D eigenvalue weighted by Crippen LogP contribution is 2.23. The van der Waals surface area contributed by atoms with Crippen LogP contribution in [0.3, 0.4) is 0 Å². The van der Waals surface area contributed by atoms with Crippen LogP contribution < -0.4 is 15.8 Å². The molecule has 6 heteroatoms. The lowest BCUT2D eigenvalue weighted by atomic mass is 10.1. The number of nitrogens with one attached hydrogen (secondary N) is 1. The van der Waals surface area contributed by atoms with Crippen molar-refractivity contribution in [3.63, 3.8) is 0 Å². The third-order valence-electron chi connectivity index (χ3n) is 3.66. The molecular formula is C18H25N5O. The molecule has 1 atom stereocenters. The summed E-state index contributed by atoms with van der Waals surface area (Å²) in [7, 11) is 0. The molecule has 2 aromatic heterocycles. The van der Waals surface area contributed by atoms with Crippen molar-refractivity contribution >= 4 is 11.5 Å². The van der Waals surface area contributed by atoms with Crippen molar-refractivity contribution in [2.45, 2.75) is 45.8 Å². The Morgan fingerprint density at radius 1 is 1.38 bits per heavy atom. The van der Waals surface area contributed by atoms with Crippen molar-refractivity contribution in [3.05, 3.63) is 48.7 Å². The predicted molar refractivity (Wildman–Crippen MR) is 96.4 cm³/mol. The summed E-state index contributed by atoms with van der Waals surface area (Å²) in [5.74, 6) is 1.33. The van der Waals surface area contributed by atoms with E-state index in [-0.39, 0.29) is 0 Å². The van der Waals surface area contributed by atoms with Gasteiger partial charge in [0.05, 0.1) is 23.3 Å². The second-order valence-electron chi connectivity index (χ2n) is 5.60. The van der Waals surface area contributed by atoms with Gasteiger partial charge in [-0.2, -0.15) is 0 Å². The topological polar surface area (TPSA) is 86.0 Å². The first-order chi connectivity index (χ1) is 11.6. The van der Waals surface area contributed by atoms with Gasteiger partial charge in [-0.3, -0.25) is 0 Å². The molecule has 0 bridgehead atoms. The van der Waals surface area contributed by atoms with Crippen LogP contribution in [0.1, 0.15) is 44.5 Å². The van der Waals surface area contributed by atoms with Gasteiger partial charge in [0.2, 0.25) is 0 Å². The third kappa shape index (κ3) is 4.94. The van der Waals surface area contributed by atoms with Gasteiger partial charge in [0.15, 0.2) is 11.6 Å². The molecule has 1 unspecified atom stereocenters. The molecule has 0 saturated heterocycles. The summed E-state index contributed by atoms with van der Waals surface area (Å²) in [5, 5.41) is 3.43. The summed E-state index contributed by atoms with van der Waals surface area (Å²) < 4.78 is 5.86. The fraction of sp³-hybridized carbons (Fsp3) is 0.389. The molecule has 0 aliphatic heterocycles. The highest BCUT2D eigenvalue weighted by molar-refractivity contribution is 5.56.